The van der Waals surface area contributed by atoms with Gasteiger partial charge in [-0.15, -0.1) is 0 Å². The van der Waals surface area contributed by atoms with E-state index >= 15 is 0 Å². The van der Waals surface area contributed by atoms with E-state index in [0.29, 0.717) is 0 Å². The van der Waals surface area contributed by atoms with Crippen molar-refractivity contribution in [2.24, 2.45) is 0 Å². The van der Waals surface area contributed by atoms with Crippen LogP contribution in [0.2, 0.25) is 0 Å². The molecule has 0 spiro atoms. The predicted molar refractivity (Wildman–Crippen MR) is 58.5 cm³/mol. The zero-order valence-electron chi connectivity index (χ0n) is 7.45. The summed E-state index contributed by atoms with van der Waals surface area (Å²) in [7, 11) is 3.74. The van der Waals surface area contributed by atoms with Crippen molar-refractivity contribution in [1.82, 2.24) is 4.90 Å². The number of hydrogen-bond donors (Lipinski definition) is 0. The van der Waals surface area contributed by atoms with Crippen molar-refractivity contribution in [3.8, 4) is 0 Å². The van der Waals surface area contributed by atoms with Crippen LogP contribution in [0, 0.1) is 5.82 Å². The topological polar surface area (TPSA) is 3.24 Å². The average Bonchev–Trinajstić information content (AvgIpc) is 2.04. The van der Waals surface area contributed by atoms with E-state index in [9.17, 15) is 4.39 Å². The number of thioether (sulfide) groups is 1. The van der Waals surface area contributed by atoms with E-state index in [0.717, 1.165) is 9.22 Å². The van der Waals surface area contributed by atoms with E-state index in [1.165, 1.54) is 23.9 Å². The van der Waals surface area contributed by atoms with Crippen LogP contribution in [0.15, 0.2) is 29.2 Å². The molecule has 1 aromatic carbocycles. The molecule has 0 aromatic heterocycles. The van der Waals surface area contributed by atoms with Crippen LogP contribution >= 0.6 is 24.0 Å². The Balaban J connectivity index is 2.69. The maximum absolute atomic E-state index is 12.7. The van der Waals surface area contributed by atoms with Crippen molar-refractivity contribution in [1.29, 1.82) is 0 Å². The van der Waals surface area contributed by atoms with Crippen LogP contribution in [-0.2, 0) is 0 Å². The third-order valence-electron chi connectivity index (χ3n) is 1.37. The smallest absolute Gasteiger partial charge is 0.140 e. The second kappa shape index (κ2) is 4.58. The molecular formula is C9H10FNS2. The molecule has 0 saturated heterocycles. The van der Waals surface area contributed by atoms with Crippen LogP contribution in [0.4, 0.5) is 4.39 Å². The molecule has 0 fully saturated rings. The molecule has 0 radical (unpaired) electrons. The molecule has 0 aliphatic heterocycles. The average molecular weight is 215 g/mol. The molecule has 1 rings (SSSR count). The van der Waals surface area contributed by atoms with Crippen LogP contribution < -0.4 is 0 Å². The van der Waals surface area contributed by atoms with Crippen molar-refractivity contribution in [2.75, 3.05) is 14.1 Å². The summed E-state index contributed by atoms with van der Waals surface area (Å²) < 4.78 is 13.5. The molecule has 1 aromatic rings. The summed E-state index contributed by atoms with van der Waals surface area (Å²) in [6.07, 6.45) is 0. The molecule has 13 heavy (non-hydrogen) atoms. The minimum atomic E-state index is -0.230. The highest BCUT2D eigenvalue weighted by Crippen LogP contribution is 2.21. The number of hydrogen-bond acceptors (Lipinski definition) is 2. The third kappa shape index (κ3) is 3.32. The first kappa shape index (κ1) is 10.5. The van der Waals surface area contributed by atoms with Gasteiger partial charge >= 0.3 is 0 Å². The summed E-state index contributed by atoms with van der Waals surface area (Å²) in [6.45, 7) is 0. The molecule has 0 bridgehead atoms. The Bertz CT molecular complexity index is 312. The molecular weight excluding hydrogens is 205 g/mol. The molecule has 0 aliphatic carbocycles. The highest BCUT2D eigenvalue weighted by molar-refractivity contribution is 8.22. The van der Waals surface area contributed by atoms with E-state index in [4.69, 9.17) is 12.2 Å². The molecule has 0 atom stereocenters. The minimum Gasteiger partial charge on any atom is -0.363 e. The quantitative estimate of drug-likeness (QED) is 0.524. The highest BCUT2D eigenvalue weighted by Gasteiger charge is 2.02. The number of benzene rings is 1. The summed E-state index contributed by atoms with van der Waals surface area (Å²) in [5, 5.41) is 0. The van der Waals surface area contributed by atoms with Crippen molar-refractivity contribution < 1.29 is 4.39 Å². The third-order valence-corrected chi connectivity index (χ3v) is 3.01. The van der Waals surface area contributed by atoms with Gasteiger partial charge in [-0.05, 0) is 18.2 Å². The summed E-state index contributed by atoms with van der Waals surface area (Å²) >= 11 is 6.45. The maximum Gasteiger partial charge on any atom is 0.140 e. The first-order valence-corrected chi connectivity index (χ1v) is 4.97. The fourth-order valence-corrected chi connectivity index (χ4v) is 1.71. The highest BCUT2D eigenvalue weighted by atomic mass is 32.2. The molecule has 0 saturated carbocycles. The number of rotatable bonds is 1. The van der Waals surface area contributed by atoms with Gasteiger partial charge < -0.3 is 4.90 Å². The van der Waals surface area contributed by atoms with E-state index < -0.39 is 0 Å². The van der Waals surface area contributed by atoms with E-state index in [2.05, 4.69) is 0 Å². The van der Waals surface area contributed by atoms with Crippen LogP contribution in [-0.4, -0.2) is 23.3 Å². The number of thiocarbonyl (C=S) groups is 1. The molecule has 0 heterocycles. The summed E-state index contributed by atoms with van der Waals surface area (Å²) in [5.74, 6) is -0.230. The largest absolute Gasteiger partial charge is 0.363 e. The van der Waals surface area contributed by atoms with Gasteiger partial charge in [-0.2, -0.15) is 0 Å². The van der Waals surface area contributed by atoms with Gasteiger partial charge in [-0.1, -0.05) is 30.0 Å². The number of halogens is 1. The van der Waals surface area contributed by atoms with Gasteiger partial charge in [0.15, 0.2) is 0 Å². The van der Waals surface area contributed by atoms with Crippen molar-refractivity contribution in [3.05, 3.63) is 30.1 Å². The Morgan fingerprint density at radius 3 is 2.69 bits per heavy atom. The van der Waals surface area contributed by atoms with Crippen LogP contribution in [0.3, 0.4) is 0 Å². The van der Waals surface area contributed by atoms with Gasteiger partial charge in [0.25, 0.3) is 0 Å². The second-order valence-electron chi connectivity index (χ2n) is 2.72. The van der Waals surface area contributed by atoms with Gasteiger partial charge in [0.2, 0.25) is 0 Å². The molecule has 0 amide bonds. The van der Waals surface area contributed by atoms with Gasteiger partial charge in [0, 0.05) is 19.0 Å². The fourth-order valence-electron chi connectivity index (χ4n) is 0.723. The van der Waals surface area contributed by atoms with Gasteiger partial charge in [0.1, 0.15) is 10.1 Å². The molecule has 1 nitrogen and oxygen atoms in total. The SMILES string of the molecule is CN(C)C(=S)Sc1cccc(F)c1. The van der Waals surface area contributed by atoms with E-state index in [-0.39, 0.29) is 5.82 Å². The van der Waals surface area contributed by atoms with Crippen molar-refractivity contribution in [2.45, 2.75) is 4.90 Å². The summed E-state index contributed by atoms with van der Waals surface area (Å²) in [5.41, 5.74) is 0. The first-order chi connectivity index (χ1) is 6.09. The number of nitrogens with zero attached hydrogens (tertiary/aromatic N) is 1. The molecule has 0 N–H and O–H groups in total. The minimum absolute atomic E-state index is 0.230. The normalized spacial score (nSPS) is 9.77. The Kier molecular flexibility index (Phi) is 3.69. The zero-order valence-corrected chi connectivity index (χ0v) is 9.08. The van der Waals surface area contributed by atoms with Gasteiger partial charge in [-0.3, -0.25) is 0 Å². The van der Waals surface area contributed by atoms with Crippen LogP contribution in [0.5, 0.6) is 0 Å². The Morgan fingerprint density at radius 2 is 2.15 bits per heavy atom. The fraction of sp³-hybridized carbons (Fsp3) is 0.222. The van der Waals surface area contributed by atoms with E-state index in [1.54, 1.807) is 6.07 Å². The standard InChI is InChI=1S/C9H10FNS2/c1-11(2)9(12)13-8-5-3-4-7(10)6-8/h3-6H,1-2H3. The van der Waals surface area contributed by atoms with Crippen LogP contribution in [0.1, 0.15) is 0 Å². The van der Waals surface area contributed by atoms with Crippen molar-refractivity contribution >= 4 is 28.3 Å². The lowest BCUT2D eigenvalue weighted by Crippen LogP contribution is -2.15. The molecule has 4 heteroatoms. The lowest BCUT2D eigenvalue weighted by molar-refractivity contribution is 0.624. The van der Waals surface area contributed by atoms with Gasteiger partial charge in [0.05, 0.1) is 0 Å². The molecule has 70 valence electrons. The Labute approximate surface area is 86.9 Å². The van der Waals surface area contributed by atoms with Gasteiger partial charge in [-0.25, -0.2) is 4.39 Å². The molecule has 0 unspecified atom stereocenters. The second-order valence-corrected chi connectivity index (χ2v) is 4.43. The van der Waals surface area contributed by atoms with Crippen LogP contribution in [0.25, 0.3) is 0 Å². The molecule has 0 aliphatic rings. The van der Waals surface area contributed by atoms with E-state index in [1.807, 2.05) is 25.1 Å². The Morgan fingerprint density at radius 1 is 1.46 bits per heavy atom. The summed E-state index contributed by atoms with van der Waals surface area (Å²) in [4.78, 5) is 2.66. The lowest BCUT2D eigenvalue weighted by atomic mass is 10.4. The summed E-state index contributed by atoms with van der Waals surface area (Å²) in [6, 6.07) is 6.41. The zero-order chi connectivity index (χ0) is 9.84. The lowest BCUT2D eigenvalue weighted by Gasteiger charge is -2.12. The monoisotopic (exact) mass is 215 g/mol. The first-order valence-electron chi connectivity index (χ1n) is 3.74. The maximum atomic E-state index is 12.7. The van der Waals surface area contributed by atoms with Crippen molar-refractivity contribution in [3.63, 3.8) is 0 Å². The predicted octanol–water partition coefficient (Wildman–Crippen LogP) is 2.76. The Hall–Kier alpha value is -0.610.